The Morgan fingerprint density at radius 3 is 2.63 bits per heavy atom. The van der Waals surface area contributed by atoms with E-state index < -0.39 is 12.1 Å². The highest BCUT2D eigenvalue weighted by molar-refractivity contribution is 6.42. The molecule has 1 fully saturated rings. The second-order valence-electron chi connectivity index (χ2n) is 6.68. The largest absolute Gasteiger partial charge is 0.417 e. The zero-order valence-corrected chi connectivity index (χ0v) is 16.5. The molecule has 27 heavy (non-hydrogen) atoms. The van der Waals surface area contributed by atoms with Crippen LogP contribution >= 0.6 is 23.2 Å². The Labute approximate surface area is 166 Å². The number of aliphatic imine (C=N–C) groups is 1. The molecule has 0 radical (unpaired) electrons. The van der Waals surface area contributed by atoms with Gasteiger partial charge in [0.2, 0.25) is 11.9 Å². The van der Waals surface area contributed by atoms with Crippen molar-refractivity contribution >= 4 is 52.6 Å². The number of hydrogen-bond acceptors (Lipinski definition) is 5. The van der Waals surface area contributed by atoms with Crippen LogP contribution in [-0.4, -0.2) is 75.5 Å². The van der Waals surface area contributed by atoms with Crippen LogP contribution in [0, 0.1) is 0 Å². The maximum atomic E-state index is 12.7. The van der Waals surface area contributed by atoms with Gasteiger partial charge in [-0.15, -0.1) is 10.1 Å². The molecular formula is C17H17Cl2N6O2+. The zero-order chi connectivity index (χ0) is 19.5. The molecule has 3 amide bonds. The van der Waals surface area contributed by atoms with E-state index in [1.807, 2.05) is 17.6 Å². The lowest BCUT2D eigenvalue weighted by molar-refractivity contribution is -0.528. The normalized spacial score (nSPS) is 22.1. The van der Waals surface area contributed by atoms with Crippen molar-refractivity contribution < 1.29 is 14.2 Å². The van der Waals surface area contributed by atoms with Gasteiger partial charge >= 0.3 is 12.0 Å². The van der Waals surface area contributed by atoms with Crippen LogP contribution in [0.5, 0.6) is 0 Å². The topological polar surface area (TPSA) is 71.6 Å². The van der Waals surface area contributed by atoms with Gasteiger partial charge in [0.15, 0.2) is 0 Å². The third-order valence-corrected chi connectivity index (χ3v) is 5.49. The van der Waals surface area contributed by atoms with Gasteiger partial charge in [-0.3, -0.25) is 14.6 Å². The average Bonchev–Trinajstić information content (AvgIpc) is 3.01. The van der Waals surface area contributed by atoms with Crippen LogP contribution in [0.1, 0.15) is 12.5 Å². The minimum Gasteiger partial charge on any atom is -0.270 e. The number of hydrazone groups is 1. The van der Waals surface area contributed by atoms with Crippen molar-refractivity contribution in [1.29, 1.82) is 0 Å². The minimum absolute atomic E-state index is 0.295. The highest BCUT2D eigenvalue weighted by Crippen LogP contribution is 2.26. The summed E-state index contributed by atoms with van der Waals surface area (Å²) < 4.78 is 1.87. The Bertz CT molecular complexity index is 970. The van der Waals surface area contributed by atoms with Gasteiger partial charge in [0, 0.05) is 14.1 Å². The molecular weight excluding hydrogens is 391 g/mol. The van der Waals surface area contributed by atoms with Crippen molar-refractivity contribution in [3.63, 3.8) is 0 Å². The number of imide groups is 1. The number of carbonyl (C=O) groups excluding carboxylic acids is 2. The highest BCUT2D eigenvalue weighted by atomic mass is 35.5. The number of amidine groups is 1. The number of nitrogens with zero attached hydrogens (tertiary/aromatic N) is 6. The summed E-state index contributed by atoms with van der Waals surface area (Å²) in [7, 11) is 3.10. The van der Waals surface area contributed by atoms with E-state index in [0.717, 1.165) is 16.2 Å². The van der Waals surface area contributed by atoms with Gasteiger partial charge in [0.05, 0.1) is 15.8 Å². The lowest BCUT2D eigenvalue weighted by atomic mass is 10.1. The molecule has 0 saturated carbocycles. The molecule has 1 saturated heterocycles. The first-order valence-corrected chi connectivity index (χ1v) is 9.06. The third-order valence-electron chi connectivity index (χ3n) is 4.75. The Morgan fingerprint density at radius 2 is 1.93 bits per heavy atom. The van der Waals surface area contributed by atoms with E-state index in [1.54, 1.807) is 24.2 Å². The number of benzene rings is 1. The van der Waals surface area contributed by atoms with Crippen LogP contribution < -0.4 is 0 Å². The molecule has 3 aliphatic rings. The van der Waals surface area contributed by atoms with Gasteiger partial charge in [-0.25, -0.2) is 9.37 Å². The van der Waals surface area contributed by atoms with Crippen molar-refractivity contribution in [2.75, 3.05) is 20.6 Å². The molecule has 0 aromatic heterocycles. The first kappa shape index (κ1) is 17.9. The molecule has 0 N–H and O–H groups in total. The number of fused-ring (bicyclic) bond motifs is 2. The molecule has 3 aliphatic heterocycles. The fourth-order valence-corrected chi connectivity index (χ4v) is 3.72. The molecule has 1 unspecified atom stereocenters. The van der Waals surface area contributed by atoms with E-state index in [-0.39, 0.29) is 5.91 Å². The van der Waals surface area contributed by atoms with Crippen LogP contribution in [0.4, 0.5) is 4.79 Å². The van der Waals surface area contributed by atoms with E-state index in [0.29, 0.717) is 34.9 Å². The number of halogens is 2. The fourth-order valence-electron chi connectivity index (χ4n) is 3.40. The summed E-state index contributed by atoms with van der Waals surface area (Å²) in [5.41, 5.74) is 1.74. The molecule has 1 atom stereocenters. The number of amides is 3. The second-order valence-corrected chi connectivity index (χ2v) is 7.50. The van der Waals surface area contributed by atoms with Gasteiger partial charge in [-0.2, -0.15) is 0 Å². The lowest BCUT2D eigenvalue weighted by Crippen LogP contribution is -2.62. The van der Waals surface area contributed by atoms with Crippen LogP contribution in [0.3, 0.4) is 0 Å². The van der Waals surface area contributed by atoms with Gasteiger partial charge in [-0.1, -0.05) is 34.3 Å². The fraction of sp³-hybridized carbons (Fsp3) is 0.353. The number of urea groups is 1. The summed E-state index contributed by atoms with van der Waals surface area (Å²) >= 11 is 12.1. The van der Waals surface area contributed by atoms with E-state index in [4.69, 9.17) is 23.2 Å². The first-order valence-electron chi connectivity index (χ1n) is 8.31. The van der Waals surface area contributed by atoms with Crippen molar-refractivity contribution in [3.8, 4) is 0 Å². The molecule has 0 aliphatic carbocycles. The van der Waals surface area contributed by atoms with Gasteiger partial charge < -0.3 is 0 Å². The number of carbonyl (C=O) groups is 2. The maximum Gasteiger partial charge on any atom is 0.417 e. The molecule has 4 rings (SSSR count). The predicted octanol–water partition coefficient (Wildman–Crippen LogP) is 1.86. The van der Waals surface area contributed by atoms with E-state index in [9.17, 15) is 9.59 Å². The minimum atomic E-state index is -0.630. The number of hydrogen-bond donors (Lipinski definition) is 0. The smallest absolute Gasteiger partial charge is 0.270 e. The Balaban J connectivity index is 1.72. The van der Waals surface area contributed by atoms with Gasteiger partial charge in [0.1, 0.15) is 13.1 Å². The van der Waals surface area contributed by atoms with Crippen molar-refractivity contribution in [2.45, 2.75) is 19.5 Å². The standard InChI is InChI=1S/C17H17Cl2N6O2/c1-9-7-24-13-14(22(2)17(27)23(3)15(13)26)20-16(24)25(21-9)8-10-4-5-11(18)12(19)6-10/h4-6,13H,7-8H2,1-3H3/q+1. The summed E-state index contributed by atoms with van der Waals surface area (Å²) in [5, 5.41) is 7.24. The predicted molar refractivity (Wildman–Crippen MR) is 102 cm³/mol. The average molecular weight is 408 g/mol. The van der Waals surface area contributed by atoms with E-state index in [2.05, 4.69) is 10.1 Å². The van der Waals surface area contributed by atoms with Crippen LogP contribution in [0.15, 0.2) is 28.3 Å². The molecule has 3 heterocycles. The summed E-state index contributed by atoms with van der Waals surface area (Å²) in [6.07, 6.45) is 0. The Kier molecular flexibility index (Phi) is 4.20. The summed E-state index contributed by atoms with van der Waals surface area (Å²) in [4.78, 5) is 32.1. The zero-order valence-electron chi connectivity index (χ0n) is 15.0. The summed E-state index contributed by atoms with van der Waals surface area (Å²) in [5.74, 6) is 0.660. The molecule has 8 nitrogen and oxygen atoms in total. The molecule has 0 bridgehead atoms. The second kappa shape index (κ2) is 6.31. The van der Waals surface area contributed by atoms with Gasteiger partial charge in [0.25, 0.3) is 5.91 Å². The van der Waals surface area contributed by atoms with E-state index >= 15 is 0 Å². The molecule has 1 aromatic carbocycles. The quantitative estimate of drug-likeness (QED) is 0.702. The SMILES string of the molecule is CC1=NN(Cc2ccc(Cl)c(Cl)c2)C2=[N+](C1)C1C(=O)N(C)C(=O)N(C)C1=N2. The first-order chi connectivity index (χ1) is 12.8. The molecule has 140 valence electrons. The van der Waals surface area contributed by atoms with E-state index in [1.165, 1.54) is 11.9 Å². The number of guanidine groups is 1. The molecule has 0 spiro atoms. The van der Waals surface area contributed by atoms with Crippen LogP contribution in [0.2, 0.25) is 10.0 Å². The summed E-state index contributed by atoms with van der Waals surface area (Å²) in [6.45, 7) is 2.76. The lowest BCUT2D eigenvalue weighted by Gasteiger charge is -2.32. The highest BCUT2D eigenvalue weighted by Gasteiger charge is 2.53. The third kappa shape index (κ3) is 2.80. The monoisotopic (exact) mass is 407 g/mol. The Hall–Kier alpha value is -2.45. The molecule has 1 aromatic rings. The summed E-state index contributed by atoms with van der Waals surface area (Å²) in [6, 6.07) is 4.34. The van der Waals surface area contributed by atoms with Crippen molar-refractivity contribution in [2.24, 2.45) is 10.1 Å². The van der Waals surface area contributed by atoms with Crippen LogP contribution in [0.25, 0.3) is 0 Å². The Morgan fingerprint density at radius 1 is 1.19 bits per heavy atom. The van der Waals surface area contributed by atoms with Crippen LogP contribution in [-0.2, 0) is 11.3 Å². The maximum absolute atomic E-state index is 12.7. The van der Waals surface area contributed by atoms with Crippen molar-refractivity contribution in [1.82, 2.24) is 14.8 Å². The number of rotatable bonds is 2. The van der Waals surface area contributed by atoms with Gasteiger partial charge in [-0.05, 0) is 24.6 Å². The molecule has 10 heteroatoms. The van der Waals surface area contributed by atoms with Crippen molar-refractivity contribution in [3.05, 3.63) is 33.8 Å². The number of likely N-dealkylation sites (N-methyl/N-ethyl adjacent to an activating group) is 2.